The van der Waals surface area contributed by atoms with Gasteiger partial charge in [-0.3, -0.25) is 4.79 Å². The van der Waals surface area contributed by atoms with Crippen molar-refractivity contribution >= 4 is 5.97 Å². The minimum atomic E-state index is -0.374. The van der Waals surface area contributed by atoms with Crippen molar-refractivity contribution < 1.29 is 19.0 Å². The third-order valence-electron chi connectivity index (χ3n) is 2.49. The fraction of sp³-hybridized carbons (Fsp3) is 0.364. The summed E-state index contributed by atoms with van der Waals surface area (Å²) in [7, 11) is 2.94. The Morgan fingerprint density at radius 1 is 1.47 bits per heavy atom. The van der Waals surface area contributed by atoms with Gasteiger partial charge in [-0.1, -0.05) is 6.07 Å². The highest BCUT2D eigenvalue weighted by Crippen LogP contribution is 2.40. The van der Waals surface area contributed by atoms with Gasteiger partial charge in [-0.25, -0.2) is 0 Å². The maximum Gasteiger partial charge on any atom is 0.316 e. The van der Waals surface area contributed by atoms with Crippen molar-refractivity contribution in [1.29, 1.82) is 0 Å². The second-order valence-electron chi connectivity index (χ2n) is 3.26. The average molecular weight is 208 g/mol. The quantitative estimate of drug-likeness (QED) is 0.688. The molecule has 1 atom stereocenters. The molecule has 1 aliphatic heterocycles. The molecule has 4 nitrogen and oxygen atoms in total. The van der Waals surface area contributed by atoms with Crippen molar-refractivity contribution in [2.75, 3.05) is 20.8 Å². The number of carbonyl (C=O) groups is 1. The number of rotatable bonds is 2. The van der Waals surface area contributed by atoms with Gasteiger partial charge in [0.05, 0.1) is 19.8 Å². The summed E-state index contributed by atoms with van der Waals surface area (Å²) >= 11 is 0. The maximum absolute atomic E-state index is 11.5. The molecule has 0 saturated carbocycles. The van der Waals surface area contributed by atoms with Crippen molar-refractivity contribution in [3.63, 3.8) is 0 Å². The SMILES string of the molecule is COC(=O)C1COc2cccc(OC)c21. The molecule has 80 valence electrons. The van der Waals surface area contributed by atoms with Crippen LogP contribution < -0.4 is 9.47 Å². The van der Waals surface area contributed by atoms with E-state index in [0.29, 0.717) is 18.1 Å². The van der Waals surface area contributed by atoms with Crippen LogP contribution in [0.5, 0.6) is 11.5 Å². The molecule has 1 aromatic rings. The van der Waals surface area contributed by atoms with E-state index >= 15 is 0 Å². The van der Waals surface area contributed by atoms with Crippen LogP contribution in [0, 0.1) is 0 Å². The molecule has 1 heterocycles. The molecule has 0 aliphatic carbocycles. The summed E-state index contributed by atoms with van der Waals surface area (Å²) in [6.45, 7) is 0.322. The van der Waals surface area contributed by atoms with Crippen LogP contribution in [0.2, 0.25) is 0 Å². The monoisotopic (exact) mass is 208 g/mol. The van der Waals surface area contributed by atoms with Crippen LogP contribution in [0.1, 0.15) is 11.5 Å². The van der Waals surface area contributed by atoms with Crippen molar-refractivity contribution in [3.8, 4) is 11.5 Å². The van der Waals surface area contributed by atoms with Gasteiger partial charge in [0.25, 0.3) is 0 Å². The summed E-state index contributed by atoms with van der Waals surface area (Å²) in [5, 5.41) is 0. The van der Waals surface area contributed by atoms with E-state index in [9.17, 15) is 4.79 Å². The number of carbonyl (C=O) groups excluding carboxylic acids is 1. The molecule has 15 heavy (non-hydrogen) atoms. The molecular weight excluding hydrogens is 196 g/mol. The maximum atomic E-state index is 11.5. The van der Waals surface area contributed by atoms with Crippen LogP contribution in [-0.4, -0.2) is 26.8 Å². The van der Waals surface area contributed by atoms with Gasteiger partial charge in [0, 0.05) is 0 Å². The van der Waals surface area contributed by atoms with Gasteiger partial charge < -0.3 is 14.2 Å². The summed E-state index contributed by atoms with van der Waals surface area (Å²) in [5.74, 6) is 0.699. The minimum Gasteiger partial charge on any atom is -0.496 e. The molecule has 4 heteroatoms. The molecule has 0 aromatic heterocycles. The Morgan fingerprint density at radius 2 is 2.27 bits per heavy atom. The van der Waals surface area contributed by atoms with Crippen LogP contribution in [0.15, 0.2) is 18.2 Å². The number of fused-ring (bicyclic) bond motifs is 1. The Bertz CT molecular complexity index is 386. The summed E-state index contributed by atoms with van der Waals surface area (Å²) < 4.78 is 15.3. The fourth-order valence-electron chi connectivity index (χ4n) is 1.76. The first kappa shape index (κ1) is 9.83. The Balaban J connectivity index is 2.43. The number of hydrogen-bond donors (Lipinski definition) is 0. The first-order valence-corrected chi connectivity index (χ1v) is 4.65. The van der Waals surface area contributed by atoms with Gasteiger partial charge in [0.2, 0.25) is 0 Å². The van der Waals surface area contributed by atoms with E-state index in [1.54, 1.807) is 7.11 Å². The lowest BCUT2D eigenvalue weighted by atomic mass is 10.0. The van der Waals surface area contributed by atoms with Gasteiger partial charge in [0.1, 0.15) is 24.0 Å². The topological polar surface area (TPSA) is 44.8 Å². The smallest absolute Gasteiger partial charge is 0.316 e. The van der Waals surface area contributed by atoms with Crippen LogP contribution in [0.3, 0.4) is 0 Å². The number of benzene rings is 1. The molecule has 0 saturated heterocycles. The molecule has 0 fully saturated rings. The normalized spacial score (nSPS) is 17.9. The molecule has 2 rings (SSSR count). The third-order valence-corrected chi connectivity index (χ3v) is 2.49. The van der Waals surface area contributed by atoms with E-state index in [2.05, 4.69) is 0 Å². The highest BCUT2D eigenvalue weighted by molar-refractivity contribution is 5.81. The van der Waals surface area contributed by atoms with Crippen LogP contribution >= 0.6 is 0 Å². The number of hydrogen-bond acceptors (Lipinski definition) is 4. The van der Waals surface area contributed by atoms with E-state index in [4.69, 9.17) is 14.2 Å². The van der Waals surface area contributed by atoms with E-state index in [-0.39, 0.29) is 11.9 Å². The van der Waals surface area contributed by atoms with Crippen molar-refractivity contribution in [3.05, 3.63) is 23.8 Å². The molecule has 0 spiro atoms. The molecule has 1 aliphatic rings. The lowest BCUT2D eigenvalue weighted by Crippen LogP contribution is -2.15. The summed E-state index contributed by atoms with van der Waals surface area (Å²) in [4.78, 5) is 11.5. The lowest BCUT2D eigenvalue weighted by molar-refractivity contribution is -0.142. The van der Waals surface area contributed by atoms with Gasteiger partial charge in [0.15, 0.2) is 0 Å². The zero-order valence-corrected chi connectivity index (χ0v) is 8.65. The second-order valence-corrected chi connectivity index (χ2v) is 3.26. The Morgan fingerprint density at radius 3 is 2.93 bits per heavy atom. The Hall–Kier alpha value is -1.71. The highest BCUT2D eigenvalue weighted by Gasteiger charge is 2.34. The molecule has 1 aromatic carbocycles. The van der Waals surface area contributed by atoms with E-state index in [1.165, 1.54) is 7.11 Å². The Labute approximate surface area is 87.8 Å². The van der Waals surface area contributed by atoms with E-state index in [1.807, 2.05) is 18.2 Å². The van der Waals surface area contributed by atoms with Gasteiger partial charge in [-0.05, 0) is 12.1 Å². The first-order valence-electron chi connectivity index (χ1n) is 4.65. The predicted octanol–water partition coefficient (Wildman–Crippen LogP) is 1.34. The number of ether oxygens (including phenoxy) is 3. The zero-order valence-electron chi connectivity index (χ0n) is 8.65. The summed E-state index contributed by atoms with van der Waals surface area (Å²) in [6, 6.07) is 5.46. The zero-order chi connectivity index (χ0) is 10.8. The molecular formula is C11H12O4. The van der Waals surface area contributed by atoms with Crippen molar-refractivity contribution in [2.24, 2.45) is 0 Å². The molecule has 1 unspecified atom stereocenters. The van der Waals surface area contributed by atoms with E-state index < -0.39 is 0 Å². The van der Waals surface area contributed by atoms with Gasteiger partial charge in [-0.15, -0.1) is 0 Å². The van der Waals surface area contributed by atoms with Gasteiger partial charge in [-0.2, -0.15) is 0 Å². The van der Waals surface area contributed by atoms with Crippen molar-refractivity contribution in [2.45, 2.75) is 5.92 Å². The lowest BCUT2D eigenvalue weighted by Gasteiger charge is -2.09. The molecule has 0 radical (unpaired) electrons. The Kier molecular flexibility index (Phi) is 2.49. The number of esters is 1. The van der Waals surface area contributed by atoms with Gasteiger partial charge >= 0.3 is 5.97 Å². The molecule has 0 N–H and O–H groups in total. The largest absolute Gasteiger partial charge is 0.496 e. The predicted molar refractivity (Wildman–Crippen MR) is 53.2 cm³/mol. The second kappa shape index (κ2) is 3.81. The van der Waals surface area contributed by atoms with Crippen LogP contribution in [-0.2, 0) is 9.53 Å². The van der Waals surface area contributed by atoms with Crippen LogP contribution in [0.25, 0.3) is 0 Å². The minimum absolute atomic E-state index is 0.293. The first-order chi connectivity index (χ1) is 7.27. The standard InChI is InChI=1S/C11H12O4/c1-13-8-4-3-5-9-10(8)7(6-15-9)11(12)14-2/h3-5,7H,6H2,1-2H3. The molecule has 0 amide bonds. The average Bonchev–Trinajstić information content (AvgIpc) is 2.71. The third kappa shape index (κ3) is 1.52. The highest BCUT2D eigenvalue weighted by atomic mass is 16.5. The summed E-state index contributed by atoms with van der Waals surface area (Å²) in [5.41, 5.74) is 0.784. The fourth-order valence-corrected chi connectivity index (χ4v) is 1.76. The van der Waals surface area contributed by atoms with Crippen molar-refractivity contribution in [1.82, 2.24) is 0 Å². The van der Waals surface area contributed by atoms with Crippen LogP contribution in [0.4, 0.5) is 0 Å². The van der Waals surface area contributed by atoms with E-state index in [0.717, 1.165) is 5.56 Å². The molecule has 0 bridgehead atoms. The number of methoxy groups -OCH3 is 2. The summed E-state index contributed by atoms with van der Waals surface area (Å²) in [6.07, 6.45) is 0.